The minimum Gasteiger partial charge on any atom is -0.329 e. The zero-order valence-corrected chi connectivity index (χ0v) is 22.3. The zero-order valence-electron chi connectivity index (χ0n) is 22.3. The van der Waals surface area contributed by atoms with Gasteiger partial charge < -0.3 is 4.90 Å². The molecule has 0 bridgehead atoms. The van der Waals surface area contributed by atoms with Gasteiger partial charge in [0.2, 0.25) is 0 Å². The zero-order chi connectivity index (χ0) is 27.4. The molecule has 200 valence electrons. The maximum Gasteiger partial charge on any atom is 0.269 e. The van der Waals surface area contributed by atoms with Crippen LogP contribution in [0.1, 0.15) is 59.2 Å². The molecule has 7 heteroatoms. The average Bonchev–Trinajstić information content (AvgIpc) is 3.33. The van der Waals surface area contributed by atoms with Crippen LogP contribution in [0.4, 0.5) is 10.1 Å². The molecular weight excluding hydrogens is 493 g/mol. The van der Waals surface area contributed by atoms with Crippen LogP contribution in [0.2, 0.25) is 0 Å². The van der Waals surface area contributed by atoms with Crippen LogP contribution >= 0.6 is 0 Å². The van der Waals surface area contributed by atoms with Gasteiger partial charge in [0, 0.05) is 29.8 Å². The van der Waals surface area contributed by atoms with Crippen LogP contribution < -0.4 is 0 Å². The molecule has 0 N–H and O–H groups in total. The van der Waals surface area contributed by atoms with E-state index >= 15 is 0 Å². The van der Waals surface area contributed by atoms with E-state index in [0.717, 1.165) is 44.1 Å². The highest BCUT2D eigenvalue weighted by Crippen LogP contribution is 2.55. The van der Waals surface area contributed by atoms with E-state index in [1.54, 1.807) is 24.3 Å². The van der Waals surface area contributed by atoms with Gasteiger partial charge in [-0.1, -0.05) is 36.4 Å². The Bertz CT molecular complexity index is 1490. The second-order valence-electron chi connectivity index (χ2n) is 11.3. The molecule has 0 aromatic heterocycles. The summed E-state index contributed by atoms with van der Waals surface area (Å²) in [7, 11) is 4.11. The van der Waals surface area contributed by atoms with Crippen molar-refractivity contribution in [3.8, 4) is 0 Å². The van der Waals surface area contributed by atoms with Gasteiger partial charge in [-0.3, -0.25) is 19.8 Å². The lowest BCUT2D eigenvalue weighted by molar-refractivity contribution is -0.384. The maximum atomic E-state index is 14.3. The standard InChI is InChI=1S/C32H32FN3O3/c1-34(2)31(24-7-5-8-25(33)21-24)15-17-32(18-16-31)29-20-23-6-3-4-9-27(23)28(29)14-19-35(32)30(37)22-10-12-26(13-11-22)36(38)39/h3-13,21H,14-20H2,1-2H3. The second-order valence-corrected chi connectivity index (χ2v) is 11.3. The van der Waals surface area contributed by atoms with Gasteiger partial charge in [0.05, 0.1) is 10.5 Å². The molecule has 0 atom stereocenters. The van der Waals surface area contributed by atoms with E-state index in [9.17, 15) is 19.3 Å². The predicted molar refractivity (Wildman–Crippen MR) is 149 cm³/mol. The van der Waals surface area contributed by atoms with Gasteiger partial charge in [-0.2, -0.15) is 0 Å². The van der Waals surface area contributed by atoms with Gasteiger partial charge in [-0.25, -0.2) is 4.39 Å². The van der Waals surface area contributed by atoms with Crippen LogP contribution in [-0.4, -0.2) is 46.8 Å². The van der Waals surface area contributed by atoms with Gasteiger partial charge in [0.1, 0.15) is 5.82 Å². The van der Waals surface area contributed by atoms with Gasteiger partial charge in [0.25, 0.3) is 11.6 Å². The third kappa shape index (κ3) is 3.98. The fourth-order valence-electron chi connectivity index (χ4n) is 7.36. The van der Waals surface area contributed by atoms with Crippen molar-refractivity contribution < 1.29 is 14.1 Å². The molecule has 1 spiro atoms. The molecule has 0 radical (unpaired) electrons. The van der Waals surface area contributed by atoms with Crippen LogP contribution in [0.25, 0.3) is 5.57 Å². The minimum absolute atomic E-state index is 0.0281. The maximum absolute atomic E-state index is 14.3. The summed E-state index contributed by atoms with van der Waals surface area (Å²) in [5.74, 6) is -0.326. The van der Waals surface area contributed by atoms with Crippen molar-refractivity contribution in [1.29, 1.82) is 0 Å². The van der Waals surface area contributed by atoms with Crippen molar-refractivity contribution in [2.24, 2.45) is 0 Å². The Labute approximate surface area is 227 Å². The Morgan fingerprint density at radius 3 is 2.36 bits per heavy atom. The fourth-order valence-corrected chi connectivity index (χ4v) is 7.36. The van der Waals surface area contributed by atoms with Crippen LogP contribution in [-0.2, 0) is 12.0 Å². The molecule has 39 heavy (non-hydrogen) atoms. The second kappa shape index (κ2) is 9.42. The number of benzene rings is 3. The number of amides is 1. The predicted octanol–water partition coefficient (Wildman–Crippen LogP) is 6.36. The molecule has 1 amide bonds. The van der Waals surface area contributed by atoms with E-state index in [1.807, 2.05) is 11.0 Å². The SMILES string of the molecule is CN(C)C1(c2cccc(F)c2)CCC2(CC1)C1=C(CCN2C(=O)c2ccc([N+](=O)[O-])cc2)c2ccccc2C1. The van der Waals surface area contributed by atoms with Crippen molar-refractivity contribution in [3.05, 3.63) is 117 Å². The molecular formula is C32H32FN3O3. The van der Waals surface area contributed by atoms with E-state index < -0.39 is 10.5 Å². The number of rotatable bonds is 4. The Hall–Kier alpha value is -3.84. The molecule has 3 aliphatic rings. The number of nitrogens with zero attached hydrogens (tertiary/aromatic N) is 3. The van der Waals surface area contributed by atoms with E-state index in [-0.39, 0.29) is 23.0 Å². The normalized spacial score (nSPS) is 24.2. The van der Waals surface area contributed by atoms with Gasteiger partial charge in [0.15, 0.2) is 0 Å². The van der Waals surface area contributed by atoms with Crippen molar-refractivity contribution in [2.75, 3.05) is 20.6 Å². The van der Waals surface area contributed by atoms with Crippen LogP contribution in [0.5, 0.6) is 0 Å². The highest BCUT2D eigenvalue weighted by Gasteiger charge is 2.54. The summed E-state index contributed by atoms with van der Waals surface area (Å²) in [5, 5.41) is 11.2. The first-order chi connectivity index (χ1) is 18.7. The lowest BCUT2D eigenvalue weighted by atomic mass is 9.63. The number of non-ortho nitro benzene ring substituents is 1. The quantitative estimate of drug-likeness (QED) is 0.294. The number of hydrogen-bond donors (Lipinski definition) is 0. The van der Waals surface area contributed by atoms with Gasteiger partial charge in [-0.15, -0.1) is 0 Å². The molecule has 1 saturated carbocycles. The molecule has 2 aliphatic carbocycles. The van der Waals surface area contributed by atoms with E-state index in [1.165, 1.54) is 40.5 Å². The van der Waals surface area contributed by atoms with Crippen molar-refractivity contribution in [3.63, 3.8) is 0 Å². The molecule has 1 heterocycles. The number of halogens is 1. The molecule has 3 aromatic carbocycles. The Balaban J connectivity index is 1.41. The third-order valence-corrected chi connectivity index (χ3v) is 9.43. The Morgan fingerprint density at radius 1 is 0.974 bits per heavy atom. The summed E-state index contributed by atoms with van der Waals surface area (Å²) in [6, 6.07) is 21.4. The first kappa shape index (κ1) is 25.4. The summed E-state index contributed by atoms with van der Waals surface area (Å²) in [4.78, 5) is 29.1. The first-order valence-corrected chi connectivity index (χ1v) is 13.6. The average molecular weight is 526 g/mol. The number of nitro benzene ring substituents is 1. The number of fused-ring (bicyclic) bond motifs is 3. The van der Waals surface area contributed by atoms with Crippen molar-refractivity contribution >= 4 is 17.2 Å². The molecule has 1 aliphatic heterocycles. The molecule has 1 fully saturated rings. The van der Waals surface area contributed by atoms with Crippen molar-refractivity contribution in [2.45, 2.75) is 49.6 Å². The van der Waals surface area contributed by atoms with Gasteiger partial charge in [-0.05, 0) is 105 Å². The fraction of sp³-hybridized carbons (Fsp3) is 0.344. The molecule has 0 unspecified atom stereocenters. The number of nitro groups is 1. The highest BCUT2D eigenvalue weighted by atomic mass is 19.1. The summed E-state index contributed by atoms with van der Waals surface area (Å²) in [6.07, 6.45) is 4.68. The molecule has 6 rings (SSSR count). The highest BCUT2D eigenvalue weighted by molar-refractivity contribution is 5.96. The number of hydrogen-bond acceptors (Lipinski definition) is 4. The van der Waals surface area contributed by atoms with Crippen LogP contribution in [0.3, 0.4) is 0 Å². The first-order valence-electron chi connectivity index (χ1n) is 13.6. The van der Waals surface area contributed by atoms with E-state index in [4.69, 9.17) is 0 Å². The largest absolute Gasteiger partial charge is 0.329 e. The Kier molecular flexibility index (Phi) is 6.14. The summed E-state index contributed by atoms with van der Waals surface area (Å²) in [5.41, 5.74) is 5.91. The molecule has 3 aromatic rings. The summed E-state index contributed by atoms with van der Waals surface area (Å²) in [6.45, 7) is 0.595. The summed E-state index contributed by atoms with van der Waals surface area (Å²) >= 11 is 0. The topological polar surface area (TPSA) is 66.7 Å². The monoisotopic (exact) mass is 525 g/mol. The smallest absolute Gasteiger partial charge is 0.269 e. The lowest BCUT2D eigenvalue weighted by Gasteiger charge is -2.56. The molecule has 0 saturated heterocycles. The third-order valence-electron chi connectivity index (χ3n) is 9.43. The van der Waals surface area contributed by atoms with Crippen LogP contribution in [0, 0.1) is 15.9 Å². The Morgan fingerprint density at radius 2 is 1.69 bits per heavy atom. The minimum atomic E-state index is -0.460. The van der Waals surface area contributed by atoms with E-state index in [0.29, 0.717) is 12.1 Å². The van der Waals surface area contributed by atoms with Gasteiger partial charge >= 0.3 is 0 Å². The number of carbonyl (C=O) groups is 1. The van der Waals surface area contributed by atoms with E-state index in [2.05, 4.69) is 43.3 Å². The summed E-state index contributed by atoms with van der Waals surface area (Å²) < 4.78 is 14.3. The van der Waals surface area contributed by atoms with Crippen LogP contribution in [0.15, 0.2) is 78.4 Å². The number of carbonyl (C=O) groups excluding carboxylic acids is 1. The lowest BCUT2D eigenvalue weighted by Crippen LogP contribution is -2.60. The van der Waals surface area contributed by atoms with Crippen molar-refractivity contribution in [1.82, 2.24) is 9.80 Å². The molecule has 6 nitrogen and oxygen atoms in total.